The maximum Gasteiger partial charge on any atom is 0.255 e. The third kappa shape index (κ3) is 3.01. The Morgan fingerprint density at radius 1 is 1.42 bits per heavy atom. The molecular formula is C19H21N5O2. The number of ether oxygens (including phenoxy) is 1. The van der Waals surface area contributed by atoms with Crippen LogP contribution in [0.5, 0.6) is 11.6 Å². The van der Waals surface area contributed by atoms with E-state index in [0.29, 0.717) is 28.4 Å². The summed E-state index contributed by atoms with van der Waals surface area (Å²) in [5, 5.41) is 2.86. The van der Waals surface area contributed by atoms with E-state index in [2.05, 4.69) is 20.3 Å². The molecule has 0 saturated carbocycles. The van der Waals surface area contributed by atoms with E-state index in [1.165, 1.54) is 11.8 Å². The van der Waals surface area contributed by atoms with Gasteiger partial charge in [0.1, 0.15) is 11.3 Å². The number of nitrogens with one attached hydrogen (secondary N) is 2. The van der Waals surface area contributed by atoms with Gasteiger partial charge >= 0.3 is 0 Å². The molecule has 3 aromatic rings. The molecule has 0 radical (unpaired) electrons. The number of carbonyl (C=O) groups excluding carboxylic acids is 1. The first kappa shape index (κ1) is 16.5. The van der Waals surface area contributed by atoms with Gasteiger partial charge in [0.15, 0.2) is 5.65 Å². The number of rotatable bonds is 4. The first-order valence-electron chi connectivity index (χ1n) is 8.72. The number of aromatic nitrogens is 3. The number of hydrogen-bond donors (Lipinski definition) is 3. The highest BCUT2D eigenvalue weighted by Gasteiger charge is 2.20. The fourth-order valence-electron chi connectivity index (χ4n) is 3.23. The lowest BCUT2D eigenvalue weighted by Gasteiger charge is -2.09. The number of nitrogens with two attached hydrogens (primary N) is 1. The number of fused-ring (bicyclic) bond motifs is 2. The molecule has 1 atom stereocenters. The Morgan fingerprint density at radius 3 is 3.08 bits per heavy atom. The van der Waals surface area contributed by atoms with Crippen LogP contribution in [-0.2, 0) is 6.42 Å². The maximum atomic E-state index is 12.3. The van der Waals surface area contributed by atoms with Crippen LogP contribution in [0.4, 0.5) is 0 Å². The Balaban J connectivity index is 1.63. The first-order valence-corrected chi connectivity index (χ1v) is 8.72. The van der Waals surface area contributed by atoms with Crippen LogP contribution in [0.1, 0.15) is 47.8 Å². The van der Waals surface area contributed by atoms with Gasteiger partial charge in [-0.3, -0.25) is 4.79 Å². The number of carbonyl (C=O) groups is 1. The molecule has 1 aliphatic carbocycles. The molecule has 0 saturated heterocycles. The highest BCUT2D eigenvalue weighted by molar-refractivity contribution is 6.04. The molecule has 0 aliphatic heterocycles. The predicted molar refractivity (Wildman–Crippen MR) is 98.3 cm³/mol. The number of hydrogen-bond acceptors (Lipinski definition) is 5. The van der Waals surface area contributed by atoms with Gasteiger partial charge in [0, 0.05) is 18.3 Å². The number of aryl methyl sites for hydroxylation is 1. The Kier molecular flexibility index (Phi) is 4.08. The molecule has 0 spiro atoms. The summed E-state index contributed by atoms with van der Waals surface area (Å²) < 4.78 is 5.87. The van der Waals surface area contributed by atoms with Crippen molar-refractivity contribution in [2.24, 2.45) is 5.73 Å². The van der Waals surface area contributed by atoms with Crippen LogP contribution in [0.15, 0.2) is 30.6 Å². The smallest absolute Gasteiger partial charge is 0.255 e. The van der Waals surface area contributed by atoms with Gasteiger partial charge < -0.3 is 20.8 Å². The third-order valence-corrected chi connectivity index (χ3v) is 4.49. The van der Waals surface area contributed by atoms with Crippen molar-refractivity contribution in [2.45, 2.75) is 38.8 Å². The molecular weight excluding hydrogens is 330 g/mol. The molecule has 0 bridgehead atoms. The summed E-state index contributed by atoms with van der Waals surface area (Å²) in [6.45, 7) is 3.82. The van der Waals surface area contributed by atoms with Gasteiger partial charge in [0.05, 0.1) is 11.8 Å². The van der Waals surface area contributed by atoms with E-state index in [0.717, 1.165) is 18.4 Å². The van der Waals surface area contributed by atoms with Crippen LogP contribution in [0.3, 0.4) is 0 Å². The Morgan fingerprint density at radius 2 is 2.27 bits per heavy atom. The van der Waals surface area contributed by atoms with Crippen molar-refractivity contribution in [1.29, 1.82) is 0 Å². The number of nitrogens with zero attached hydrogens (tertiary/aromatic N) is 2. The van der Waals surface area contributed by atoms with Crippen molar-refractivity contribution in [2.75, 3.05) is 0 Å². The first-order chi connectivity index (χ1) is 12.5. The highest BCUT2D eigenvalue weighted by Crippen LogP contribution is 2.33. The normalized spacial score (nSPS) is 16.1. The molecule has 7 nitrogen and oxygen atoms in total. The summed E-state index contributed by atoms with van der Waals surface area (Å²) in [4.78, 5) is 24.0. The molecule has 1 amide bonds. The molecule has 4 rings (SSSR count). The number of amides is 1. The zero-order valence-corrected chi connectivity index (χ0v) is 14.7. The van der Waals surface area contributed by atoms with Gasteiger partial charge in [-0.05, 0) is 49.9 Å². The topological polar surface area (TPSA) is 106 Å². The van der Waals surface area contributed by atoms with Crippen LogP contribution in [0.25, 0.3) is 11.2 Å². The summed E-state index contributed by atoms with van der Waals surface area (Å²) in [7, 11) is 0. The highest BCUT2D eigenvalue weighted by atomic mass is 16.5. The minimum absolute atomic E-state index is 0.0375. The van der Waals surface area contributed by atoms with E-state index >= 15 is 0 Å². The van der Waals surface area contributed by atoms with Crippen molar-refractivity contribution in [3.05, 3.63) is 47.3 Å². The van der Waals surface area contributed by atoms with Crippen LogP contribution >= 0.6 is 0 Å². The summed E-state index contributed by atoms with van der Waals surface area (Å²) in [5.41, 5.74) is 9.99. The molecule has 1 aliphatic rings. The summed E-state index contributed by atoms with van der Waals surface area (Å²) >= 11 is 0. The lowest BCUT2D eigenvalue weighted by atomic mass is 10.1. The minimum atomic E-state index is -0.193. The number of aromatic amines is 1. The summed E-state index contributed by atoms with van der Waals surface area (Å²) in [5.74, 6) is 0.807. The van der Waals surface area contributed by atoms with E-state index in [-0.39, 0.29) is 18.0 Å². The fraction of sp³-hybridized carbons (Fsp3) is 0.316. The van der Waals surface area contributed by atoms with E-state index in [4.69, 9.17) is 10.5 Å². The molecule has 7 heteroatoms. The second-order valence-corrected chi connectivity index (χ2v) is 6.84. The van der Waals surface area contributed by atoms with Crippen molar-refractivity contribution in [3.63, 3.8) is 0 Å². The molecule has 1 aromatic carbocycles. The summed E-state index contributed by atoms with van der Waals surface area (Å²) in [6, 6.07) is 6.00. The molecule has 2 aromatic heterocycles. The van der Waals surface area contributed by atoms with Crippen LogP contribution in [-0.4, -0.2) is 26.9 Å². The second-order valence-electron chi connectivity index (χ2n) is 6.84. The minimum Gasteiger partial charge on any atom is -0.437 e. The largest absolute Gasteiger partial charge is 0.437 e. The summed E-state index contributed by atoms with van der Waals surface area (Å²) in [6.07, 6.45) is 5.11. The average Bonchev–Trinajstić information content (AvgIpc) is 3.18. The van der Waals surface area contributed by atoms with Crippen LogP contribution < -0.4 is 15.8 Å². The zero-order valence-electron chi connectivity index (χ0n) is 14.7. The number of H-pyrrole nitrogens is 1. The average molecular weight is 351 g/mol. The molecule has 0 fully saturated rings. The molecule has 0 unspecified atom stereocenters. The number of benzene rings is 1. The predicted octanol–water partition coefficient (Wildman–Crippen LogP) is 2.83. The van der Waals surface area contributed by atoms with Gasteiger partial charge in [-0.15, -0.1) is 0 Å². The molecule has 26 heavy (non-hydrogen) atoms. The third-order valence-electron chi connectivity index (χ3n) is 4.49. The standard InChI is InChI=1S/C19H21N5O2/c1-10(2)23-19(25)14-8-21-18-17(14)24-16(9-22-18)26-12-5-3-11-4-6-15(20)13(11)7-12/h3,5,7-10,15H,4,6,20H2,1-2H3,(H,21,22)(H,23,25)/t15-/m1/s1. The zero-order chi connectivity index (χ0) is 18.3. The molecule has 2 heterocycles. The van der Waals surface area contributed by atoms with Gasteiger partial charge in [0.25, 0.3) is 5.91 Å². The van der Waals surface area contributed by atoms with Gasteiger partial charge in [-0.25, -0.2) is 9.97 Å². The van der Waals surface area contributed by atoms with E-state index in [1.807, 2.05) is 32.0 Å². The van der Waals surface area contributed by atoms with Crippen LogP contribution in [0.2, 0.25) is 0 Å². The van der Waals surface area contributed by atoms with Gasteiger partial charge in [0.2, 0.25) is 5.88 Å². The SMILES string of the molecule is CC(C)NC(=O)c1c[nH]c2ncc(Oc3ccc4c(c3)[C@H](N)CC4)nc12. The lowest BCUT2D eigenvalue weighted by molar-refractivity contribution is 0.0944. The molecule has 134 valence electrons. The van der Waals surface area contributed by atoms with Crippen molar-refractivity contribution < 1.29 is 9.53 Å². The van der Waals surface area contributed by atoms with Crippen LogP contribution in [0, 0.1) is 0 Å². The Labute approximate surface area is 151 Å². The molecule has 4 N–H and O–H groups in total. The van der Waals surface area contributed by atoms with Crippen molar-refractivity contribution >= 4 is 17.1 Å². The van der Waals surface area contributed by atoms with E-state index < -0.39 is 0 Å². The monoisotopic (exact) mass is 351 g/mol. The second kappa shape index (κ2) is 6.42. The van der Waals surface area contributed by atoms with Crippen molar-refractivity contribution in [1.82, 2.24) is 20.3 Å². The van der Waals surface area contributed by atoms with Crippen molar-refractivity contribution in [3.8, 4) is 11.6 Å². The fourth-order valence-corrected chi connectivity index (χ4v) is 3.23. The van der Waals surface area contributed by atoms with E-state index in [9.17, 15) is 4.79 Å². The Bertz CT molecular complexity index is 979. The lowest BCUT2D eigenvalue weighted by Crippen LogP contribution is -2.29. The quantitative estimate of drug-likeness (QED) is 0.670. The van der Waals surface area contributed by atoms with E-state index in [1.54, 1.807) is 6.20 Å². The maximum absolute atomic E-state index is 12.3. The van der Waals surface area contributed by atoms with Gasteiger partial charge in [-0.1, -0.05) is 6.07 Å². The van der Waals surface area contributed by atoms with Gasteiger partial charge in [-0.2, -0.15) is 0 Å². The Hall–Kier alpha value is -2.93.